The first-order valence-corrected chi connectivity index (χ1v) is 7.89. The Morgan fingerprint density at radius 3 is 2.30 bits per heavy atom. The van der Waals surface area contributed by atoms with Crippen molar-refractivity contribution in [2.45, 2.75) is 45.8 Å². The van der Waals surface area contributed by atoms with E-state index in [2.05, 4.69) is 10.5 Å². The lowest BCUT2D eigenvalue weighted by atomic mass is 9.99. The normalized spacial score (nSPS) is 22.8. The first-order chi connectivity index (χ1) is 12.3. The number of non-ortho nitro benzene ring substituents is 1. The molecule has 27 heavy (non-hydrogen) atoms. The molecular weight excluding hydrogens is 360 g/mol. The molecule has 0 spiro atoms. The van der Waals surface area contributed by atoms with Gasteiger partial charge in [0.1, 0.15) is 16.9 Å². The standard InChI is InChI=1S/C15H20N6O6/c1-9(15(5)18(22)10(2)14(3,4)21(15)27)16-17-12-7-6-11(19(23)24)8-13(12)20(25)26/h6-8,17,27H,1-5H3/b16-9-/t15-/m1/s1. The van der Waals surface area contributed by atoms with Crippen molar-refractivity contribution in [3.8, 4) is 0 Å². The highest BCUT2D eigenvalue weighted by molar-refractivity contribution is 5.96. The van der Waals surface area contributed by atoms with E-state index in [1.165, 1.54) is 13.8 Å². The molecule has 146 valence electrons. The minimum absolute atomic E-state index is 0.0894. The number of hydrazone groups is 1. The molecule has 2 N–H and O–H groups in total. The molecular formula is C15H20N6O6. The lowest BCUT2D eigenvalue weighted by Gasteiger charge is -2.32. The summed E-state index contributed by atoms with van der Waals surface area (Å²) in [4.78, 5) is 20.4. The van der Waals surface area contributed by atoms with Crippen LogP contribution in [0.1, 0.15) is 34.6 Å². The zero-order valence-corrected chi connectivity index (χ0v) is 15.5. The predicted octanol–water partition coefficient (Wildman–Crippen LogP) is 2.46. The minimum atomic E-state index is -1.53. The molecule has 0 radical (unpaired) electrons. The van der Waals surface area contributed by atoms with E-state index in [4.69, 9.17) is 0 Å². The number of anilines is 1. The summed E-state index contributed by atoms with van der Waals surface area (Å²) >= 11 is 0. The van der Waals surface area contributed by atoms with Crippen molar-refractivity contribution in [2.24, 2.45) is 5.10 Å². The summed E-state index contributed by atoms with van der Waals surface area (Å²) in [5, 5.41) is 49.9. The number of rotatable bonds is 5. The van der Waals surface area contributed by atoms with Gasteiger partial charge in [0.2, 0.25) is 0 Å². The molecule has 1 heterocycles. The molecule has 1 aliphatic rings. The van der Waals surface area contributed by atoms with Crippen LogP contribution in [-0.2, 0) is 0 Å². The topological polar surface area (TPSA) is 160 Å². The number of hydroxylamine groups is 3. The van der Waals surface area contributed by atoms with Crippen molar-refractivity contribution in [3.05, 3.63) is 43.6 Å². The molecule has 0 amide bonds. The first-order valence-electron chi connectivity index (χ1n) is 7.89. The van der Waals surface area contributed by atoms with Gasteiger partial charge in [-0.1, -0.05) is 0 Å². The van der Waals surface area contributed by atoms with Gasteiger partial charge in [-0.15, -0.1) is 5.06 Å². The summed E-state index contributed by atoms with van der Waals surface area (Å²) < 4.78 is 0.623. The average Bonchev–Trinajstić information content (AvgIpc) is 2.73. The van der Waals surface area contributed by atoms with Crippen LogP contribution in [0.2, 0.25) is 0 Å². The Kier molecular flexibility index (Phi) is 4.90. The average molecular weight is 380 g/mol. The highest BCUT2D eigenvalue weighted by Crippen LogP contribution is 2.34. The molecule has 12 nitrogen and oxygen atoms in total. The Bertz CT molecular complexity index is 880. The van der Waals surface area contributed by atoms with Gasteiger partial charge < -0.3 is 10.4 Å². The maximum absolute atomic E-state index is 12.6. The fourth-order valence-electron chi connectivity index (χ4n) is 2.79. The number of nitro benzene ring substituents is 2. The van der Waals surface area contributed by atoms with Crippen LogP contribution in [-0.4, -0.2) is 47.5 Å². The second-order valence-corrected chi connectivity index (χ2v) is 6.80. The molecule has 1 atom stereocenters. The van der Waals surface area contributed by atoms with Crippen LogP contribution in [0.15, 0.2) is 23.3 Å². The molecule has 0 fully saturated rings. The fourth-order valence-corrected chi connectivity index (χ4v) is 2.79. The molecule has 1 aromatic rings. The van der Waals surface area contributed by atoms with Crippen LogP contribution < -0.4 is 5.43 Å². The fraction of sp³-hybridized carbons (Fsp3) is 0.467. The van der Waals surface area contributed by atoms with Crippen molar-refractivity contribution in [1.29, 1.82) is 0 Å². The molecule has 0 bridgehead atoms. The SMILES string of the molecule is CC1=[N+]([O-])[C@@](C)(/C(C)=N\Nc2ccc([N+](=O)[O-])cc2[N+](=O)[O-])N(O)C1(C)C. The quantitative estimate of drug-likeness (QED) is 0.259. The van der Waals surface area contributed by atoms with E-state index in [9.17, 15) is 30.6 Å². The van der Waals surface area contributed by atoms with Crippen LogP contribution in [0.5, 0.6) is 0 Å². The van der Waals surface area contributed by atoms with Crippen LogP contribution >= 0.6 is 0 Å². The summed E-state index contributed by atoms with van der Waals surface area (Å²) in [5.41, 5.74) is -0.578. The lowest BCUT2D eigenvalue weighted by molar-refractivity contribution is -0.561. The molecule has 1 aliphatic heterocycles. The van der Waals surface area contributed by atoms with Gasteiger partial charge in [0.25, 0.3) is 11.4 Å². The molecule has 0 unspecified atom stereocenters. The van der Waals surface area contributed by atoms with Gasteiger partial charge in [0.05, 0.1) is 15.9 Å². The molecule has 0 aliphatic carbocycles. The number of nitro groups is 2. The van der Waals surface area contributed by atoms with Gasteiger partial charge in [-0.2, -0.15) is 9.84 Å². The van der Waals surface area contributed by atoms with E-state index in [1.54, 1.807) is 20.8 Å². The van der Waals surface area contributed by atoms with Crippen LogP contribution in [0.3, 0.4) is 0 Å². The van der Waals surface area contributed by atoms with E-state index in [-0.39, 0.29) is 11.4 Å². The number of benzene rings is 1. The minimum Gasteiger partial charge on any atom is -0.622 e. The number of nitrogens with one attached hydrogen (secondary N) is 1. The second kappa shape index (κ2) is 6.55. The molecule has 2 rings (SSSR count). The Labute approximate surface area is 154 Å². The molecule has 0 saturated carbocycles. The summed E-state index contributed by atoms with van der Waals surface area (Å²) in [6.07, 6.45) is 0. The van der Waals surface area contributed by atoms with Crippen molar-refractivity contribution in [1.82, 2.24) is 5.06 Å². The summed E-state index contributed by atoms with van der Waals surface area (Å²) in [6.45, 7) is 7.86. The smallest absolute Gasteiger partial charge is 0.301 e. The monoisotopic (exact) mass is 380 g/mol. The van der Waals surface area contributed by atoms with Gasteiger partial charge in [-0.05, 0) is 26.8 Å². The maximum Gasteiger partial charge on any atom is 0.301 e. The van der Waals surface area contributed by atoms with Gasteiger partial charge in [0, 0.05) is 19.9 Å². The van der Waals surface area contributed by atoms with E-state index >= 15 is 0 Å². The van der Waals surface area contributed by atoms with Crippen LogP contribution in [0.25, 0.3) is 0 Å². The predicted molar refractivity (Wildman–Crippen MR) is 96.9 cm³/mol. The van der Waals surface area contributed by atoms with E-state index in [0.717, 1.165) is 23.3 Å². The van der Waals surface area contributed by atoms with Crippen molar-refractivity contribution >= 4 is 28.5 Å². The number of hydrogen-bond acceptors (Lipinski definition) is 9. The van der Waals surface area contributed by atoms with Gasteiger partial charge in [-0.3, -0.25) is 25.7 Å². The second-order valence-electron chi connectivity index (χ2n) is 6.80. The Morgan fingerprint density at radius 1 is 1.26 bits per heavy atom. The molecule has 1 aromatic carbocycles. The third-order valence-electron chi connectivity index (χ3n) is 4.95. The Hall–Kier alpha value is -3.12. The number of hydrogen-bond donors (Lipinski definition) is 2. The zero-order valence-electron chi connectivity index (χ0n) is 15.5. The first kappa shape index (κ1) is 20.2. The summed E-state index contributed by atoms with van der Waals surface area (Å²) in [6, 6.07) is 3.05. The highest BCUT2D eigenvalue weighted by Gasteiger charge is 2.59. The van der Waals surface area contributed by atoms with Crippen LogP contribution in [0, 0.1) is 25.4 Å². The molecule has 12 heteroatoms. The van der Waals surface area contributed by atoms with Crippen molar-refractivity contribution in [3.63, 3.8) is 0 Å². The van der Waals surface area contributed by atoms with Gasteiger partial charge in [-0.25, -0.2) is 0 Å². The van der Waals surface area contributed by atoms with E-state index in [1.807, 2.05) is 0 Å². The summed E-state index contributed by atoms with van der Waals surface area (Å²) in [7, 11) is 0. The lowest BCUT2D eigenvalue weighted by Crippen LogP contribution is -2.57. The molecule has 0 aromatic heterocycles. The van der Waals surface area contributed by atoms with Gasteiger partial charge >= 0.3 is 5.69 Å². The largest absolute Gasteiger partial charge is 0.622 e. The Morgan fingerprint density at radius 2 is 1.85 bits per heavy atom. The summed E-state index contributed by atoms with van der Waals surface area (Å²) in [5.74, 6) is 0. The highest BCUT2D eigenvalue weighted by atomic mass is 16.6. The molecule has 0 saturated heterocycles. The Balaban J connectivity index is 2.42. The maximum atomic E-state index is 12.6. The zero-order chi connectivity index (χ0) is 20.7. The van der Waals surface area contributed by atoms with E-state index < -0.39 is 32.4 Å². The van der Waals surface area contributed by atoms with Crippen molar-refractivity contribution < 1.29 is 19.8 Å². The third kappa shape index (κ3) is 3.08. The van der Waals surface area contributed by atoms with E-state index in [0.29, 0.717) is 10.5 Å². The third-order valence-corrected chi connectivity index (χ3v) is 4.95. The van der Waals surface area contributed by atoms with Crippen LogP contribution in [0.4, 0.5) is 17.1 Å². The van der Waals surface area contributed by atoms with Gasteiger partial charge in [0.15, 0.2) is 5.71 Å². The van der Waals surface area contributed by atoms with Crippen molar-refractivity contribution in [2.75, 3.05) is 5.43 Å². The number of nitrogens with zero attached hydrogens (tertiary/aromatic N) is 5.